The summed E-state index contributed by atoms with van der Waals surface area (Å²) in [7, 11) is 0. The summed E-state index contributed by atoms with van der Waals surface area (Å²) in [5.74, 6) is -1.51. The number of benzene rings is 2. The quantitative estimate of drug-likeness (QED) is 0.262. The number of nitrogens with one attached hydrogen (secondary N) is 1. The molecule has 10 nitrogen and oxygen atoms in total. The molecule has 1 heterocycles. The van der Waals surface area contributed by atoms with Crippen molar-refractivity contribution in [2.75, 3.05) is 25.0 Å². The molecule has 2 aromatic carbocycles. The number of nitro groups is 1. The molecule has 0 atom stereocenters. The van der Waals surface area contributed by atoms with Crippen LogP contribution in [0.25, 0.3) is 11.3 Å². The summed E-state index contributed by atoms with van der Waals surface area (Å²) in [5.41, 5.74) is 2.03. The third-order valence-corrected chi connectivity index (χ3v) is 5.10. The number of aryl methyl sites for hydroxylation is 1. The average Bonchev–Trinajstić information content (AvgIpc) is 3.34. The van der Waals surface area contributed by atoms with E-state index < -0.39 is 23.4 Å². The van der Waals surface area contributed by atoms with Crippen LogP contribution >= 0.6 is 0 Å². The van der Waals surface area contributed by atoms with Crippen molar-refractivity contribution in [3.63, 3.8) is 0 Å². The zero-order chi connectivity index (χ0) is 25.4. The van der Waals surface area contributed by atoms with E-state index in [9.17, 15) is 24.5 Å². The molecular formula is C25H25N3O7. The molecule has 0 bridgehead atoms. The van der Waals surface area contributed by atoms with Crippen LogP contribution < -0.4 is 5.32 Å². The van der Waals surface area contributed by atoms with E-state index in [0.717, 1.165) is 5.56 Å². The van der Waals surface area contributed by atoms with Crippen LogP contribution in [0.2, 0.25) is 0 Å². The summed E-state index contributed by atoms with van der Waals surface area (Å²) in [5, 5.41) is 13.6. The van der Waals surface area contributed by atoms with Gasteiger partial charge in [-0.05, 0) is 49.2 Å². The topological polar surface area (TPSA) is 132 Å². The number of ether oxygens (including phenoxy) is 1. The van der Waals surface area contributed by atoms with E-state index in [4.69, 9.17) is 9.15 Å². The fourth-order valence-electron chi connectivity index (χ4n) is 3.28. The van der Waals surface area contributed by atoms with Crippen LogP contribution in [0.3, 0.4) is 0 Å². The number of amides is 2. The zero-order valence-corrected chi connectivity index (χ0v) is 19.4. The van der Waals surface area contributed by atoms with Gasteiger partial charge >= 0.3 is 5.97 Å². The highest BCUT2D eigenvalue weighted by Crippen LogP contribution is 2.25. The maximum atomic E-state index is 12.6. The largest absolute Gasteiger partial charge is 0.450 e. The summed E-state index contributed by atoms with van der Waals surface area (Å²) in [6.45, 7) is 3.33. The fourth-order valence-corrected chi connectivity index (χ4v) is 3.28. The number of hydrogen-bond donors (Lipinski definition) is 1. The Hall–Kier alpha value is -4.47. The molecule has 3 aromatic rings. The second-order valence-corrected chi connectivity index (χ2v) is 7.72. The molecule has 182 valence electrons. The van der Waals surface area contributed by atoms with E-state index in [1.54, 1.807) is 12.1 Å². The Kier molecular flexibility index (Phi) is 8.33. The Labute approximate surface area is 201 Å². The molecule has 0 aliphatic carbocycles. The van der Waals surface area contributed by atoms with Crippen molar-refractivity contribution in [3.8, 4) is 11.3 Å². The molecule has 1 N–H and O–H groups in total. The van der Waals surface area contributed by atoms with Crippen molar-refractivity contribution in [2.45, 2.75) is 20.3 Å². The van der Waals surface area contributed by atoms with Crippen LogP contribution in [0, 0.1) is 17.0 Å². The molecule has 2 amide bonds. The van der Waals surface area contributed by atoms with E-state index in [-0.39, 0.29) is 23.9 Å². The van der Waals surface area contributed by atoms with E-state index in [0.29, 0.717) is 30.0 Å². The summed E-state index contributed by atoms with van der Waals surface area (Å²) < 4.78 is 10.6. The molecule has 1 aromatic heterocycles. The van der Waals surface area contributed by atoms with Gasteiger partial charge in [0.1, 0.15) is 5.76 Å². The van der Waals surface area contributed by atoms with Crippen molar-refractivity contribution in [1.82, 2.24) is 4.90 Å². The van der Waals surface area contributed by atoms with Gasteiger partial charge in [-0.25, -0.2) is 4.79 Å². The molecule has 0 unspecified atom stereocenters. The lowest BCUT2D eigenvalue weighted by Gasteiger charge is -2.21. The second-order valence-electron chi connectivity index (χ2n) is 7.72. The van der Waals surface area contributed by atoms with E-state index >= 15 is 0 Å². The number of anilines is 1. The van der Waals surface area contributed by atoms with Gasteiger partial charge in [0, 0.05) is 29.9 Å². The first-order chi connectivity index (χ1) is 16.8. The number of rotatable bonds is 10. The van der Waals surface area contributed by atoms with Gasteiger partial charge in [0.15, 0.2) is 6.61 Å². The number of furan rings is 1. The summed E-state index contributed by atoms with van der Waals surface area (Å²) in [6, 6.07) is 15.9. The van der Waals surface area contributed by atoms with E-state index in [1.807, 2.05) is 26.0 Å². The van der Waals surface area contributed by atoms with Gasteiger partial charge in [-0.2, -0.15) is 0 Å². The van der Waals surface area contributed by atoms with Crippen LogP contribution in [0.4, 0.5) is 11.4 Å². The molecule has 3 rings (SSSR count). The molecule has 10 heteroatoms. The lowest BCUT2D eigenvalue weighted by atomic mass is 10.1. The standard InChI is InChI=1S/C25H25N3O7/c1-3-14-27(15-23(29)26-20-7-5-4-6-17(20)2)24(30)16-34-25(31)22-13-12-21(35-22)18-8-10-19(11-9-18)28(32)33/h4-13H,3,14-16H2,1-2H3,(H,26,29). The van der Waals surface area contributed by atoms with Gasteiger partial charge in [0.05, 0.1) is 11.5 Å². The summed E-state index contributed by atoms with van der Waals surface area (Å²) in [4.78, 5) is 49.0. The van der Waals surface area contributed by atoms with Crippen LogP contribution in [0.1, 0.15) is 29.5 Å². The van der Waals surface area contributed by atoms with Crippen LogP contribution in [-0.4, -0.2) is 47.3 Å². The average molecular weight is 479 g/mol. The van der Waals surface area contributed by atoms with Gasteiger partial charge in [0.2, 0.25) is 11.7 Å². The molecule has 0 radical (unpaired) electrons. The number of carbonyl (C=O) groups is 3. The van der Waals surface area contributed by atoms with Gasteiger partial charge in [-0.3, -0.25) is 19.7 Å². The summed E-state index contributed by atoms with van der Waals surface area (Å²) >= 11 is 0. The van der Waals surface area contributed by atoms with Gasteiger partial charge in [0.25, 0.3) is 11.6 Å². The third-order valence-electron chi connectivity index (χ3n) is 5.10. The van der Waals surface area contributed by atoms with Crippen LogP contribution in [0.15, 0.2) is 65.1 Å². The first-order valence-electron chi connectivity index (χ1n) is 10.9. The molecule has 0 aliphatic rings. The minimum Gasteiger partial charge on any atom is -0.450 e. The molecule has 0 aliphatic heterocycles. The maximum absolute atomic E-state index is 12.6. The molecule has 0 fully saturated rings. The Morgan fingerprint density at radius 2 is 1.77 bits per heavy atom. The number of esters is 1. The van der Waals surface area contributed by atoms with Crippen LogP contribution in [0.5, 0.6) is 0 Å². The Morgan fingerprint density at radius 1 is 1.06 bits per heavy atom. The first-order valence-corrected chi connectivity index (χ1v) is 10.9. The van der Waals surface area contributed by atoms with Crippen molar-refractivity contribution in [2.24, 2.45) is 0 Å². The highest BCUT2D eigenvalue weighted by molar-refractivity contribution is 5.95. The van der Waals surface area contributed by atoms with Gasteiger partial charge in [-0.1, -0.05) is 25.1 Å². The molecule has 0 saturated heterocycles. The first kappa shape index (κ1) is 25.2. The van der Waals surface area contributed by atoms with E-state index in [2.05, 4.69) is 5.32 Å². The van der Waals surface area contributed by atoms with Gasteiger partial charge < -0.3 is 19.4 Å². The van der Waals surface area contributed by atoms with Crippen LogP contribution in [-0.2, 0) is 14.3 Å². The SMILES string of the molecule is CCCN(CC(=O)Nc1ccccc1C)C(=O)COC(=O)c1ccc(-c2ccc([N+](=O)[O-])cc2)o1. The van der Waals surface area contributed by atoms with Crippen molar-refractivity contribution in [3.05, 3.63) is 82.1 Å². The fraction of sp³-hybridized carbons (Fsp3) is 0.240. The molecule has 0 spiro atoms. The predicted octanol–water partition coefficient (Wildman–Crippen LogP) is 4.20. The number of carbonyl (C=O) groups excluding carboxylic acids is 3. The predicted molar refractivity (Wildman–Crippen MR) is 128 cm³/mol. The molecule has 0 saturated carbocycles. The number of nitrogens with zero attached hydrogens (tertiary/aromatic N) is 2. The number of non-ortho nitro benzene ring substituents is 1. The number of para-hydroxylation sites is 1. The normalized spacial score (nSPS) is 10.5. The Balaban J connectivity index is 1.56. The number of hydrogen-bond acceptors (Lipinski definition) is 7. The molecular weight excluding hydrogens is 454 g/mol. The lowest BCUT2D eigenvalue weighted by Crippen LogP contribution is -2.40. The second kappa shape index (κ2) is 11.6. The minimum atomic E-state index is -0.840. The smallest absolute Gasteiger partial charge is 0.374 e. The Morgan fingerprint density at radius 3 is 2.43 bits per heavy atom. The van der Waals surface area contributed by atoms with Crippen molar-refractivity contribution in [1.29, 1.82) is 0 Å². The van der Waals surface area contributed by atoms with E-state index in [1.165, 1.54) is 41.3 Å². The number of nitro benzene ring substituents is 1. The Bertz CT molecular complexity index is 1220. The van der Waals surface area contributed by atoms with Crippen molar-refractivity contribution < 1.29 is 28.5 Å². The van der Waals surface area contributed by atoms with Gasteiger partial charge in [-0.15, -0.1) is 0 Å². The third kappa shape index (κ3) is 6.76. The summed E-state index contributed by atoms with van der Waals surface area (Å²) in [6.07, 6.45) is 0.619. The highest BCUT2D eigenvalue weighted by atomic mass is 16.6. The zero-order valence-electron chi connectivity index (χ0n) is 19.4. The monoisotopic (exact) mass is 479 g/mol. The minimum absolute atomic E-state index is 0.0670. The maximum Gasteiger partial charge on any atom is 0.374 e. The lowest BCUT2D eigenvalue weighted by molar-refractivity contribution is -0.384. The van der Waals surface area contributed by atoms with Crippen molar-refractivity contribution >= 4 is 29.2 Å². The molecule has 35 heavy (non-hydrogen) atoms. The highest BCUT2D eigenvalue weighted by Gasteiger charge is 2.21.